The molecule has 36 heavy (non-hydrogen) atoms. The molecule has 2 aliphatic heterocycles. The van der Waals surface area contributed by atoms with Gasteiger partial charge in [-0.25, -0.2) is 8.42 Å². The number of hydrogen-bond acceptors (Lipinski definition) is 5. The molecule has 2 atom stereocenters. The van der Waals surface area contributed by atoms with Crippen LogP contribution >= 0.6 is 0 Å². The van der Waals surface area contributed by atoms with Gasteiger partial charge in [-0.3, -0.25) is 18.8 Å². The number of aryl methyl sites for hydroxylation is 1. The Morgan fingerprint density at radius 1 is 1.11 bits per heavy atom. The van der Waals surface area contributed by atoms with Crippen molar-refractivity contribution in [2.24, 2.45) is 5.41 Å². The lowest BCUT2D eigenvalue weighted by Crippen LogP contribution is -2.57. The summed E-state index contributed by atoms with van der Waals surface area (Å²) in [6.45, 7) is 8.62. The zero-order valence-corrected chi connectivity index (χ0v) is 21.8. The third kappa shape index (κ3) is 5.79. The van der Waals surface area contributed by atoms with Crippen molar-refractivity contribution in [2.75, 3.05) is 13.1 Å². The number of likely N-dealkylation sites (tertiary alicyclic amines) is 1. The van der Waals surface area contributed by atoms with Gasteiger partial charge in [-0.05, 0) is 36.5 Å². The van der Waals surface area contributed by atoms with Gasteiger partial charge in [0.05, 0.1) is 11.3 Å². The van der Waals surface area contributed by atoms with E-state index in [9.17, 15) is 18.0 Å². The maximum Gasteiger partial charge on any atom is 0.264 e. The quantitative estimate of drug-likeness (QED) is 0.597. The molecule has 0 aromatic heterocycles. The second kappa shape index (κ2) is 10.4. The third-order valence-corrected chi connectivity index (χ3v) is 8.72. The number of piperidine rings is 1. The van der Waals surface area contributed by atoms with Gasteiger partial charge in [0.2, 0.25) is 11.8 Å². The van der Waals surface area contributed by atoms with Crippen LogP contribution in [0.15, 0.2) is 71.9 Å². The molecule has 0 bridgehead atoms. The second-order valence-corrected chi connectivity index (χ2v) is 12.1. The van der Waals surface area contributed by atoms with Crippen molar-refractivity contribution in [1.82, 2.24) is 19.8 Å². The fraction of sp³-hybridized carbons (Fsp3) is 0.407. The molecular formula is C27H34N4O4S. The molecule has 2 aromatic rings. The minimum Gasteiger partial charge on any atom is -0.353 e. The summed E-state index contributed by atoms with van der Waals surface area (Å²) in [5.41, 5.74) is 1.99. The second-order valence-electron chi connectivity index (χ2n) is 10.3. The summed E-state index contributed by atoms with van der Waals surface area (Å²) >= 11 is 0. The number of rotatable bonds is 7. The summed E-state index contributed by atoms with van der Waals surface area (Å²) in [5.74, 6) is -0.871. The fourth-order valence-electron chi connectivity index (χ4n) is 4.91. The molecule has 0 unspecified atom stereocenters. The van der Waals surface area contributed by atoms with Crippen molar-refractivity contribution in [3.05, 3.63) is 78.1 Å². The van der Waals surface area contributed by atoms with E-state index in [2.05, 4.69) is 41.5 Å². The number of hydrogen-bond donors (Lipinski definition) is 2. The van der Waals surface area contributed by atoms with Crippen LogP contribution in [0.5, 0.6) is 0 Å². The van der Waals surface area contributed by atoms with Crippen LogP contribution in [0.2, 0.25) is 0 Å². The number of amides is 2. The number of nitrogens with one attached hydrogen (secondary N) is 2. The first-order chi connectivity index (χ1) is 17.1. The van der Waals surface area contributed by atoms with Crippen molar-refractivity contribution in [1.29, 1.82) is 0 Å². The molecule has 8 nitrogen and oxygen atoms in total. The highest BCUT2D eigenvalue weighted by Gasteiger charge is 2.40. The van der Waals surface area contributed by atoms with Crippen LogP contribution in [0, 0.1) is 12.3 Å². The zero-order chi connectivity index (χ0) is 25.9. The van der Waals surface area contributed by atoms with E-state index in [1.165, 1.54) is 30.1 Å². The molecule has 0 saturated carbocycles. The van der Waals surface area contributed by atoms with E-state index in [1.54, 1.807) is 12.1 Å². The minimum atomic E-state index is -4.00. The lowest BCUT2D eigenvalue weighted by atomic mass is 9.79. The predicted octanol–water partition coefficient (Wildman–Crippen LogP) is 2.76. The van der Waals surface area contributed by atoms with Gasteiger partial charge in [-0.2, -0.15) is 0 Å². The Bertz CT molecular complexity index is 1230. The van der Waals surface area contributed by atoms with Gasteiger partial charge < -0.3 is 10.6 Å². The van der Waals surface area contributed by atoms with Gasteiger partial charge in [0.15, 0.2) is 0 Å². The Morgan fingerprint density at radius 3 is 2.47 bits per heavy atom. The predicted molar refractivity (Wildman–Crippen MR) is 138 cm³/mol. The Labute approximate surface area is 213 Å². The first-order valence-corrected chi connectivity index (χ1v) is 13.6. The molecule has 2 amide bonds. The molecule has 4 rings (SSSR count). The average Bonchev–Trinajstić information content (AvgIpc) is 2.83. The molecule has 9 heteroatoms. The van der Waals surface area contributed by atoms with Gasteiger partial charge in [-0.1, -0.05) is 61.9 Å². The van der Waals surface area contributed by atoms with Gasteiger partial charge in [-0.15, -0.1) is 0 Å². The number of nitrogens with zero attached hydrogens (tertiary/aromatic N) is 2. The highest BCUT2D eigenvalue weighted by Crippen LogP contribution is 2.31. The highest BCUT2D eigenvalue weighted by atomic mass is 32.2. The highest BCUT2D eigenvalue weighted by molar-refractivity contribution is 7.89. The molecule has 0 aliphatic carbocycles. The molecule has 2 aromatic carbocycles. The van der Waals surface area contributed by atoms with Gasteiger partial charge in [0.25, 0.3) is 10.0 Å². The van der Waals surface area contributed by atoms with Crippen molar-refractivity contribution < 1.29 is 18.0 Å². The number of carbonyl (C=O) groups excluding carboxylic acids is 2. The van der Waals surface area contributed by atoms with Crippen LogP contribution in [-0.4, -0.2) is 54.6 Å². The van der Waals surface area contributed by atoms with Crippen LogP contribution in [0.3, 0.4) is 0 Å². The van der Waals surface area contributed by atoms with Crippen LogP contribution in [0.4, 0.5) is 0 Å². The van der Waals surface area contributed by atoms with Crippen LogP contribution in [0.25, 0.3) is 0 Å². The number of carbonyl (C=O) groups is 2. The third-order valence-electron chi connectivity index (χ3n) is 6.92. The largest absolute Gasteiger partial charge is 0.353 e. The molecule has 1 fully saturated rings. The van der Waals surface area contributed by atoms with Crippen molar-refractivity contribution in [3.8, 4) is 0 Å². The van der Waals surface area contributed by atoms with Gasteiger partial charge in [0, 0.05) is 38.1 Å². The standard InChI is InChI=1S/C27H34N4O4S/c1-20-9-11-22(12-10-20)36(34,35)31-16-14-28-26(33)23(31)17-25(32)29-24-13-15-30(19-27(24,2)3)18-21-7-5-4-6-8-21/h4-12,14,16,23-24H,13,15,17-19H2,1-3H3,(H,28,33)(H,29,32)/t23-,24+/m1/s1. The number of sulfonamides is 1. The van der Waals surface area contributed by atoms with Crippen LogP contribution in [-0.2, 0) is 26.2 Å². The maximum absolute atomic E-state index is 13.3. The van der Waals surface area contributed by atoms with Crippen LogP contribution < -0.4 is 10.6 Å². The van der Waals surface area contributed by atoms with E-state index in [0.29, 0.717) is 0 Å². The first-order valence-electron chi connectivity index (χ1n) is 12.2. The SMILES string of the molecule is Cc1ccc(S(=O)(=O)N2C=CNC(=O)[C@H]2CC(=O)N[C@H]2CCN(Cc3ccccc3)CC2(C)C)cc1. The summed E-state index contributed by atoms with van der Waals surface area (Å²) in [4.78, 5) is 28.2. The Kier molecular flexibility index (Phi) is 7.51. The Morgan fingerprint density at radius 2 is 1.81 bits per heavy atom. The van der Waals surface area contributed by atoms with E-state index in [1.807, 2.05) is 25.1 Å². The van der Waals surface area contributed by atoms with Gasteiger partial charge in [0.1, 0.15) is 6.04 Å². The first kappa shape index (κ1) is 25.9. The van der Waals surface area contributed by atoms with Crippen LogP contribution in [0.1, 0.15) is 37.8 Å². The van der Waals surface area contributed by atoms with Crippen molar-refractivity contribution in [3.63, 3.8) is 0 Å². The smallest absolute Gasteiger partial charge is 0.264 e. The van der Waals surface area contributed by atoms with E-state index in [4.69, 9.17) is 0 Å². The monoisotopic (exact) mass is 510 g/mol. The maximum atomic E-state index is 13.3. The molecular weight excluding hydrogens is 476 g/mol. The van der Waals surface area contributed by atoms with E-state index in [-0.39, 0.29) is 28.7 Å². The lowest BCUT2D eigenvalue weighted by Gasteiger charge is -2.44. The Hall–Kier alpha value is -3.17. The average molecular weight is 511 g/mol. The summed E-state index contributed by atoms with van der Waals surface area (Å²) < 4.78 is 27.5. The minimum absolute atomic E-state index is 0.0739. The Balaban J connectivity index is 1.42. The topological polar surface area (TPSA) is 98.8 Å². The van der Waals surface area contributed by atoms with Gasteiger partial charge >= 0.3 is 0 Å². The van der Waals surface area contributed by atoms with E-state index in [0.717, 1.165) is 35.9 Å². The molecule has 2 aliphatic rings. The summed E-state index contributed by atoms with van der Waals surface area (Å²) in [7, 11) is -4.00. The normalized spacial score (nSPS) is 22.2. The molecule has 2 heterocycles. The summed E-state index contributed by atoms with van der Waals surface area (Å²) in [5, 5.41) is 5.63. The molecule has 2 N–H and O–H groups in total. The van der Waals surface area contributed by atoms with Crippen molar-refractivity contribution >= 4 is 21.8 Å². The number of benzene rings is 2. The summed E-state index contributed by atoms with van der Waals surface area (Å²) in [6.07, 6.45) is 3.10. The van der Waals surface area contributed by atoms with Crippen molar-refractivity contribution in [2.45, 2.75) is 57.1 Å². The molecule has 0 radical (unpaired) electrons. The van der Waals surface area contributed by atoms with E-state index < -0.39 is 22.0 Å². The molecule has 0 spiro atoms. The lowest BCUT2D eigenvalue weighted by molar-refractivity contribution is -0.130. The summed E-state index contributed by atoms with van der Waals surface area (Å²) in [6, 6.07) is 15.5. The molecule has 1 saturated heterocycles. The zero-order valence-electron chi connectivity index (χ0n) is 21.0. The van der Waals surface area contributed by atoms with E-state index >= 15 is 0 Å². The molecule has 192 valence electrons. The fourth-order valence-corrected chi connectivity index (χ4v) is 6.36.